The average molecular weight is 725 g/mol. The Kier molecular flexibility index (Phi) is 9.60. The third-order valence-electron chi connectivity index (χ3n) is 15.4. The van der Waals surface area contributed by atoms with Gasteiger partial charge >= 0.3 is 0 Å². The van der Waals surface area contributed by atoms with Crippen LogP contribution in [-0.4, -0.2) is 134 Å². The molecule has 7 fully saturated rings. The number of ether oxygens (including phenoxy) is 6. The zero-order valence-corrected chi connectivity index (χ0v) is 30.5. The van der Waals surface area contributed by atoms with Crippen molar-refractivity contribution in [2.45, 2.75) is 165 Å². The van der Waals surface area contributed by atoms with Gasteiger partial charge in [-0.2, -0.15) is 0 Å². The van der Waals surface area contributed by atoms with E-state index in [0.29, 0.717) is 43.6 Å². The molecule has 13 nitrogen and oxygen atoms in total. The fourth-order valence-corrected chi connectivity index (χ4v) is 12.4. The first kappa shape index (κ1) is 37.2. The van der Waals surface area contributed by atoms with Crippen molar-refractivity contribution in [3.8, 4) is 0 Å². The van der Waals surface area contributed by atoms with Crippen molar-refractivity contribution in [2.75, 3.05) is 13.2 Å². The van der Waals surface area contributed by atoms with Crippen molar-refractivity contribution in [3.05, 3.63) is 11.6 Å². The Morgan fingerprint density at radius 3 is 2.33 bits per heavy atom. The molecule has 0 aromatic heterocycles. The van der Waals surface area contributed by atoms with Crippen LogP contribution in [0.15, 0.2) is 11.6 Å². The molecule has 7 N–H and O–H groups in total. The van der Waals surface area contributed by atoms with E-state index in [4.69, 9.17) is 28.4 Å². The molecule has 290 valence electrons. The monoisotopic (exact) mass is 724 g/mol. The second kappa shape index (κ2) is 13.2. The van der Waals surface area contributed by atoms with E-state index >= 15 is 0 Å². The van der Waals surface area contributed by atoms with Crippen molar-refractivity contribution in [3.63, 3.8) is 0 Å². The molecule has 4 aliphatic heterocycles. The summed E-state index contributed by atoms with van der Waals surface area (Å²) in [5.41, 5.74) is 0.759. The summed E-state index contributed by atoms with van der Waals surface area (Å²) in [4.78, 5) is 0. The van der Waals surface area contributed by atoms with Crippen LogP contribution in [0.25, 0.3) is 0 Å². The second-order valence-electron chi connectivity index (χ2n) is 18.0. The molecule has 4 heterocycles. The van der Waals surface area contributed by atoms with Crippen LogP contribution in [0.4, 0.5) is 0 Å². The Bertz CT molecular complexity index is 1330. The average Bonchev–Trinajstić information content (AvgIpc) is 3.53. The van der Waals surface area contributed by atoms with Gasteiger partial charge in [0, 0.05) is 30.1 Å². The molecule has 13 heteroatoms. The summed E-state index contributed by atoms with van der Waals surface area (Å²) in [6.45, 7) is 10.8. The van der Waals surface area contributed by atoms with E-state index in [9.17, 15) is 35.7 Å². The Labute approximate surface area is 300 Å². The molecule has 51 heavy (non-hydrogen) atoms. The molecule has 0 aromatic rings. The van der Waals surface area contributed by atoms with Gasteiger partial charge in [0.05, 0.1) is 43.7 Å². The lowest BCUT2D eigenvalue weighted by Crippen LogP contribution is -2.63. The second-order valence-corrected chi connectivity index (χ2v) is 18.0. The zero-order valence-electron chi connectivity index (χ0n) is 30.5. The molecule has 4 aliphatic carbocycles. The van der Waals surface area contributed by atoms with E-state index in [1.54, 1.807) is 0 Å². The molecule has 0 radical (unpaired) electrons. The van der Waals surface area contributed by atoms with E-state index in [2.05, 4.69) is 26.8 Å². The number of fused-ring (bicyclic) bond motifs is 7. The molecular formula is C38H60O13. The van der Waals surface area contributed by atoms with Crippen LogP contribution in [0, 0.1) is 46.3 Å². The van der Waals surface area contributed by atoms with E-state index in [1.807, 2.05) is 6.92 Å². The maximum absolute atomic E-state index is 11.1. The van der Waals surface area contributed by atoms with E-state index in [0.717, 1.165) is 25.7 Å². The molecule has 8 aliphatic rings. The van der Waals surface area contributed by atoms with Gasteiger partial charge in [0.2, 0.25) is 0 Å². The van der Waals surface area contributed by atoms with E-state index in [1.165, 1.54) is 12.5 Å². The molecule has 0 amide bonds. The highest BCUT2D eigenvalue weighted by Gasteiger charge is 2.70. The highest BCUT2D eigenvalue weighted by molar-refractivity contribution is 5.29. The van der Waals surface area contributed by atoms with Gasteiger partial charge in [-0.25, -0.2) is 0 Å². The highest BCUT2D eigenvalue weighted by atomic mass is 16.8. The zero-order chi connectivity index (χ0) is 36.4. The van der Waals surface area contributed by atoms with Crippen LogP contribution in [0.2, 0.25) is 0 Å². The summed E-state index contributed by atoms with van der Waals surface area (Å²) in [6, 6.07) is 0. The van der Waals surface area contributed by atoms with Gasteiger partial charge in [0.1, 0.15) is 36.6 Å². The van der Waals surface area contributed by atoms with E-state index < -0.39 is 84.8 Å². The highest BCUT2D eigenvalue weighted by Crippen LogP contribution is 2.71. The largest absolute Gasteiger partial charge is 0.393 e. The first-order valence-corrected chi connectivity index (χ1v) is 19.4. The SMILES string of the molecule is C[C@@H]1CO[C@]2(C[C@@H]1O)O[C@H]1C[C@H]3[C@H]4CC=C5C[C@@H](O)C[C@@H](O[C@H]6OC[C@@H](O)[C@@H](O)[C@H]6O[C@@H]6O[C@@H](C)[C@H](O)[C@H](O)[C@H]6O)[C@]5(C)[C@H]4CC[C@]3(C)[C@H]1[C@@H]2C. The van der Waals surface area contributed by atoms with Crippen LogP contribution in [0.5, 0.6) is 0 Å². The number of hydrogen-bond donors (Lipinski definition) is 7. The third kappa shape index (κ3) is 5.66. The van der Waals surface area contributed by atoms with Gasteiger partial charge in [-0.3, -0.25) is 0 Å². The number of aliphatic hydroxyl groups is 7. The third-order valence-corrected chi connectivity index (χ3v) is 15.4. The number of aliphatic hydroxyl groups excluding tert-OH is 7. The van der Waals surface area contributed by atoms with Crippen LogP contribution < -0.4 is 0 Å². The van der Waals surface area contributed by atoms with Gasteiger partial charge in [-0.15, -0.1) is 0 Å². The minimum absolute atomic E-state index is 0.0418. The van der Waals surface area contributed by atoms with Gasteiger partial charge < -0.3 is 64.2 Å². The van der Waals surface area contributed by atoms with Crippen LogP contribution in [-0.2, 0) is 28.4 Å². The summed E-state index contributed by atoms with van der Waals surface area (Å²) in [6.07, 6.45) is -5.94. The maximum atomic E-state index is 11.1. The lowest BCUT2D eigenvalue weighted by Gasteiger charge is -2.60. The van der Waals surface area contributed by atoms with Gasteiger partial charge in [-0.1, -0.05) is 39.3 Å². The Morgan fingerprint density at radius 2 is 1.59 bits per heavy atom. The van der Waals surface area contributed by atoms with Gasteiger partial charge in [0.15, 0.2) is 18.4 Å². The molecule has 0 bridgehead atoms. The molecule has 0 unspecified atom stereocenters. The molecular weight excluding hydrogens is 664 g/mol. The fraction of sp³-hybridized carbons (Fsp3) is 0.947. The van der Waals surface area contributed by atoms with Crippen molar-refractivity contribution in [2.24, 2.45) is 46.3 Å². The number of allylic oxidation sites excluding steroid dienone is 1. The first-order valence-electron chi connectivity index (χ1n) is 19.4. The van der Waals surface area contributed by atoms with Crippen molar-refractivity contribution in [1.82, 2.24) is 0 Å². The summed E-state index contributed by atoms with van der Waals surface area (Å²) in [5, 5.41) is 75.0. The molecule has 22 atom stereocenters. The standard InChI is InChI=1S/C38H60O13/c1-16-14-47-38(13-24(16)40)17(2)28-26(51-38)12-23-21-7-6-19-10-20(39)11-27(37(19,5)22(21)8-9-36(23,28)4)49-35-33(30(43)25(41)15-46-35)50-34-32(45)31(44)29(42)18(3)48-34/h6,16-18,20-35,39-45H,7-15H2,1-5H3/t16-,17+,18+,20-,21+,22+,23+,24+,25-,26+,27-,28+,29+,30-,31+,32-,33-,34+,35-,36+,37+,38-/m1/s1. The number of hydrogen-bond acceptors (Lipinski definition) is 13. The predicted molar refractivity (Wildman–Crippen MR) is 178 cm³/mol. The number of rotatable bonds is 4. The predicted octanol–water partition coefficient (Wildman–Crippen LogP) is 0.971. The minimum atomic E-state index is -1.62. The molecule has 4 saturated heterocycles. The van der Waals surface area contributed by atoms with Crippen LogP contribution in [0.1, 0.15) is 79.6 Å². The summed E-state index contributed by atoms with van der Waals surface area (Å²) in [5.74, 6) is 0.859. The maximum Gasteiger partial charge on any atom is 0.187 e. The van der Waals surface area contributed by atoms with Crippen molar-refractivity contribution >= 4 is 0 Å². The van der Waals surface area contributed by atoms with Crippen LogP contribution in [0.3, 0.4) is 0 Å². The Balaban J connectivity index is 1.04. The quantitative estimate of drug-likeness (QED) is 0.203. The van der Waals surface area contributed by atoms with Crippen LogP contribution >= 0.6 is 0 Å². The van der Waals surface area contributed by atoms with Crippen molar-refractivity contribution in [1.29, 1.82) is 0 Å². The minimum Gasteiger partial charge on any atom is -0.393 e. The molecule has 3 saturated carbocycles. The smallest absolute Gasteiger partial charge is 0.187 e. The lowest BCUT2D eigenvalue weighted by molar-refractivity contribution is -0.362. The topological polar surface area (TPSA) is 197 Å². The molecule has 0 aromatic carbocycles. The van der Waals surface area contributed by atoms with Gasteiger partial charge in [-0.05, 0) is 68.1 Å². The van der Waals surface area contributed by atoms with E-state index in [-0.39, 0.29) is 35.9 Å². The lowest BCUT2D eigenvalue weighted by atomic mass is 9.46. The first-order chi connectivity index (χ1) is 24.1. The fourth-order valence-electron chi connectivity index (χ4n) is 12.4. The summed E-state index contributed by atoms with van der Waals surface area (Å²) in [7, 11) is 0. The summed E-state index contributed by atoms with van der Waals surface area (Å²) >= 11 is 0. The normalized spacial score (nSPS) is 59.8. The van der Waals surface area contributed by atoms with Crippen molar-refractivity contribution < 1.29 is 64.2 Å². The molecule has 1 spiro atoms. The molecule has 8 rings (SSSR count). The summed E-state index contributed by atoms with van der Waals surface area (Å²) < 4.78 is 37.8. The van der Waals surface area contributed by atoms with Gasteiger partial charge in [0.25, 0.3) is 0 Å². The Hall–Kier alpha value is -0.780. The Morgan fingerprint density at radius 1 is 0.824 bits per heavy atom.